The Morgan fingerprint density at radius 2 is 2.03 bits per heavy atom. The number of hydrogen-bond donors (Lipinski definition) is 2. The van der Waals surface area contributed by atoms with Gasteiger partial charge in [0.05, 0.1) is 17.6 Å². The van der Waals surface area contributed by atoms with Crippen LogP contribution in [-0.4, -0.2) is 68.7 Å². The van der Waals surface area contributed by atoms with Gasteiger partial charge in [0.15, 0.2) is 11.9 Å². The summed E-state index contributed by atoms with van der Waals surface area (Å²) in [5.41, 5.74) is 0.101. The molecule has 9 nitrogen and oxygen atoms in total. The average Bonchev–Trinajstić information content (AvgIpc) is 2.79. The highest BCUT2D eigenvalue weighted by Crippen LogP contribution is 2.36. The van der Waals surface area contributed by atoms with Crippen molar-refractivity contribution in [2.45, 2.75) is 39.0 Å². The maximum atomic E-state index is 12.7. The third-order valence-corrected chi connectivity index (χ3v) is 5.99. The second kappa shape index (κ2) is 11.8. The first kappa shape index (κ1) is 24.7. The molecule has 1 aliphatic rings. The molecule has 1 aliphatic heterocycles. The van der Waals surface area contributed by atoms with E-state index in [1.54, 1.807) is 6.92 Å². The van der Waals surface area contributed by atoms with E-state index in [9.17, 15) is 19.5 Å². The number of piperidine rings is 1. The molecule has 1 amide bonds. The molecule has 1 aromatic carbocycles. The van der Waals surface area contributed by atoms with Gasteiger partial charge in [-0.15, -0.1) is 0 Å². The van der Waals surface area contributed by atoms with Gasteiger partial charge < -0.3 is 29.2 Å². The van der Waals surface area contributed by atoms with Crippen LogP contribution in [0.2, 0.25) is 0 Å². The van der Waals surface area contributed by atoms with Crippen LogP contribution >= 0.6 is 0 Å². The van der Waals surface area contributed by atoms with Crippen molar-refractivity contribution in [1.82, 2.24) is 10.2 Å². The highest BCUT2D eigenvalue weighted by Gasteiger charge is 2.21. The van der Waals surface area contributed by atoms with Crippen LogP contribution in [0.25, 0.3) is 11.0 Å². The average molecular weight is 461 g/mol. The standard InChI is InChI=1S/C24H32N2O7/c1-16-17(6-7-21(29)25-8-11-26-9-4-3-5-10-26)24(30)33-23-18(15-27)19(28)14-20(22(16)23)32-13-12-31-2/h14-15,28H,3-13H2,1-2H3,(H,25,29). The van der Waals surface area contributed by atoms with Gasteiger partial charge in [0.2, 0.25) is 5.91 Å². The van der Waals surface area contributed by atoms with Gasteiger partial charge in [0.25, 0.3) is 0 Å². The number of nitrogens with one attached hydrogen (secondary N) is 1. The summed E-state index contributed by atoms with van der Waals surface area (Å²) in [6, 6.07) is 1.33. The number of fused-ring (bicyclic) bond motifs is 1. The number of aryl methyl sites for hydroxylation is 1. The lowest BCUT2D eigenvalue weighted by Gasteiger charge is -2.26. The summed E-state index contributed by atoms with van der Waals surface area (Å²) in [5, 5.41) is 13.5. The van der Waals surface area contributed by atoms with Crippen molar-refractivity contribution in [1.29, 1.82) is 0 Å². The largest absolute Gasteiger partial charge is 0.507 e. The Balaban J connectivity index is 1.76. The number of ether oxygens (including phenoxy) is 2. The maximum Gasteiger partial charge on any atom is 0.339 e. The number of carbonyl (C=O) groups is 2. The Hall–Kier alpha value is -2.91. The number of nitrogens with zero attached hydrogens (tertiary/aromatic N) is 1. The van der Waals surface area contributed by atoms with E-state index < -0.39 is 5.63 Å². The molecule has 180 valence electrons. The number of phenolic OH excluding ortho intramolecular Hbond substituents is 1. The minimum Gasteiger partial charge on any atom is -0.507 e. The normalized spacial score (nSPS) is 14.4. The van der Waals surface area contributed by atoms with E-state index in [2.05, 4.69) is 10.2 Å². The van der Waals surface area contributed by atoms with Crippen molar-refractivity contribution in [3.8, 4) is 11.5 Å². The number of aldehydes is 1. The lowest BCUT2D eigenvalue weighted by Crippen LogP contribution is -2.37. The minimum atomic E-state index is -0.641. The molecule has 2 heterocycles. The predicted molar refractivity (Wildman–Crippen MR) is 123 cm³/mol. The molecule has 3 rings (SSSR count). The summed E-state index contributed by atoms with van der Waals surface area (Å²) >= 11 is 0. The molecular weight excluding hydrogens is 428 g/mol. The van der Waals surface area contributed by atoms with Crippen LogP contribution in [0, 0.1) is 6.92 Å². The first-order chi connectivity index (χ1) is 16.0. The van der Waals surface area contributed by atoms with E-state index >= 15 is 0 Å². The van der Waals surface area contributed by atoms with E-state index in [0.717, 1.165) is 19.6 Å². The van der Waals surface area contributed by atoms with Crippen molar-refractivity contribution in [2.75, 3.05) is 46.5 Å². The third kappa shape index (κ3) is 6.11. The molecule has 0 unspecified atom stereocenters. The van der Waals surface area contributed by atoms with Gasteiger partial charge in [0.1, 0.15) is 18.1 Å². The first-order valence-corrected chi connectivity index (χ1v) is 11.3. The summed E-state index contributed by atoms with van der Waals surface area (Å²) < 4.78 is 16.1. The fourth-order valence-electron chi connectivity index (χ4n) is 4.17. The van der Waals surface area contributed by atoms with Crippen LogP contribution in [-0.2, 0) is 16.0 Å². The molecule has 1 fully saturated rings. The lowest BCUT2D eigenvalue weighted by molar-refractivity contribution is -0.121. The van der Waals surface area contributed by atoms with Gasteiger partial charge in [-0.1, -0.05) is 6.42 Å². The smallest absolute Gasteiger partial charge is 0.339 e. The Kier molecular flexibility index (Phi) is 8.85. The maximum absolute atomic E-state index is 12.7. The van der Waals surface area contributed by atoms with Crippen LogP contribution in [0.5, 0.6) is 11.5 Å². The van der Waals surface area contributed by atoms with Crippen LogP contribution in [0.1, 0.15) is 47.2 Å². The molecule has 0 atom stereocenters. The number of aromatic hydroxyl groups is 1. The van der Waals surface area contributed by atoms with Gasteiger partial charge in [-0.3, -0.25) is 9.59 Å². The molecule has 0 saturated carbocycles. The molecule has 9 heteroatoms. The minimum absolute atomic E-state index is 0.0327. The number of benzene rings is 1. The Labute approximate surface area is 192 Å². The van der Waals surface area contributed by atoms with Crippen molar-refractivity contribution in [2.24, 2.45) is 0 Å². The number of hydrogen-bond acceptors (Lipinski definition) is 8. The second-order valence-corrected chi connectivity index (χ2v) is 8.22. The van der Waals surface area contributed by atoms with Gasteiger partial charge in [0, 0.05) is 38.2 Å². The number of rotatable bonds is 11. The summed E-state index contributed by atoms with van der Waals surface area (Å²) in [6.45, 7) is 5.78. The first-order valence-electron chi connectivity index (χ1n) is 11.3. The quantitative estimate of drug-likeness (QED) is 0.298. The molecule has 0 radical (unpaired) electrons. The van der Waals surface area contributed by atoms with E-state index in [0.29, 0.717) is 36.0 Å². The number of phenols is 1. The van der Waals surface area contributed by atoms with Crippen LogP contribution in [0.15, 0.2) is 15.3 Å². The molecule has 0 aliphatic carbocycles. The van der Waals surface area contributed by atoms with Crippen LogP contribution in [0.3, 0.4) is 0 Å². The van der Waals surface area contributed by atoms with Crippen LogP contribution in [0.4, 0.5) is 0 Å². The Morgan fingerprint density at radius 3 is 2.73 bits per heavy atom. The van der Waals surface area contributed by atoms with Crippen molar-refractivity contribution in [3.05, 3.63) is 33.2 Å². The molecule has 33 heavy (non-hydrogen) atoms. The summed E-state index contributed by atoms with van der Waals surface area (Å²) in [4.78, 5) is 38.9. The number of methoxy groups -OCH3 is 1. The molecule has 2 aromatic rings. The van der Waals surface area contributed by atoms with Crippen LogP contribution < -0.4 is 15.7 Å². The van der Waals surface area contributed by atoms with Gasteiger partial charge in [-0.25, -0.2) is 4.79 Å². The van der Waals surface area contributed by atoms with E-state index in [1.165, 1.54) is 32.4 Å². The molecule has 0 bridgehead atoms. The molecule has 1 aromatic heterocycles. The molecule has 1 saturated heterocycles. The SMILES string of the molecule is COCCOc1cc(O)c(C=O)c2oc(=O)c(CCC(=O)NCCN3CCCCC3)c(C)c12. The number of likely N-dealkylation sites (tertiary alicyclic amines) is 1. The zero-order chi connectivity index (χ0) is 23.8. The zero-order valence-electron chi connectivity index (χ0n) is 19.3. The Bertz CT molecular complexity index is 1040. The van der Waals surface area contributed by atoms with Crippen molar-refractivity contribution >= 4 is 23.2 Å². The Morgan fingerprint density at radius 1 is 1.27 bits per heavy atom. The lowest BCUT2D eigenvalue weighted by atomic mass is 9.99. The molecular formula is C24H32N2O7. The molecule has 2 N–H and O–H groups in total. The second-order valence-electron chi connectivity index (χ2n) is 8.22. The number of amides is 1. The fraction of sp³-hybridized carbons (Fsp3) is 0.542. The highest BCUT2D eigenvalue weighted by atomic mass is 16.5. The van der Waals surface area contributed by atoms with Gasteiger partial charge >= 0.3 is 5.63 Å². The van der Waals surface area contributed by atoms with Crippen molar-refractivity contribution < 1.29 is 28.6 Å². The highest BCUT2D eigenvalue weighted by molar-refractivity contribution is 6.01. The topological polar surface area (TPSA) is 118 Å². The van der Waals surface area contributed by atoms with Crippen molar-refractivity contribution in [3.63, 3.8) is 0 Å². The summed E-state index contributed by atoms with van der Waals surface area (Å²) in [6.07, 6.45) is 4.43. The summed E-state index contributed by atoms with van der Waals surface area (Å²) in [5.74, 6) is -0.200. The van der Waals surface area contributed by atoms with E-state index in [-0.39, 0.29) is 48.0 Å². The zero-order valence-corrected chi connectivity index (χ0v) is 19.3. The molecule has 0 spiro atoms. The van der Waals surface area contributed by atoms with E-state index in [4.69, 9.17) is 13.9 Å². The van der Waals surface area contributed by atoms with Gasteiger partial charge in [-0.05, 0) is 44.8 Å². The van der Waals surface area contributed by atoms with Gasteiger partial charge in [-0.2, -0.15) is 0 Å². The number of carbonyl (C=O) groups excluding carboxylic acids is 2. The monoisotopic (exact) mass is 460 g/mol. The fourth-order valence-corrected chi connectivity index (χ4v) is 4.17. The summed E-state index contributed by atoms with van der Waals surface area (Å²) in [7, 11) is 1.54. The van der Waals surface area contributed by atoms with E-state index in [1.807, 2.05) is 0 Å². The third-order valence-electron chi connectivity index (χ3n) is 5.99. The predicted octanol–water partition coefficient (Wildman–Crippen LogP) is 2.18.